The van der Waals surface area contributed by atoms with Crippen LogP contribution in [0, 0.1) is 0 Å². The Balaban J connectivity index is 3.07. The molecule has 10 nitrogen and oxygen atoms in total. The molecule has 1 amide bonds. The van der Waals surface area contributed by atoms with Crippen molar-refractivity contribution < 1.29 is 46.0 Å². The van der Waals surface area contributed by atoms with Crippen LogP contribution < -0.4 is 5.32 Å². The molecule has 0 bridgehead atoms. The molecule has 1 rings (SSSR count). The Labute approximate surface area is 121 Å². The van der Waals surface area contributed by atoms with Crippen molar-refractivity contribution in [2.45, 2.75) is 43.6 Å². The quantitative estimate of drug-likeness (QED) is 0.290. The number of hydrogen-bond donors (Lipinski definition) is 6. The van der Waals surface area contributed by atoms with Gasteiger partial charge in [-0.25, -0.2) is 4.79 Å². The van der Waals surface area contributed by atoms with Crippen LogP contribution in [0.2, 0.25) is 0 Å². The van der Waals surface area contributed by atoms with Gasteiger partial charge in [-0.15, -0.1) is 0 Å². The maximum Gasteiger partial charge on any atom is 0.332 e. The number of carboxylic acid groups (broad SMARTS) is 1. The van der Waals surface area contributed by atoms with Gasteiger partial charge in [-0.2, -0.15) is 0 Å². The van der Waals surface area contributed by atoms with E-state index in [-0.39, 0.29) is 0 Å². The smallest absolute Gasteiger partial charge is 0.332 e. The number of amides is 1. The van der Waals surface area contributed by atoms with Crippen LogP contribution >= 0.6 is 0 Å². The third-order valence-electron chi connectivity index (χ3n) is 2.93. The molecule has 1 heterocycles. The first-order valence-electron chi connectivity index (χ1n) is 6.61. The Kier molecular flexibility index (Phi) is 5.85. The van der Waals surface area contributed by atoms with Gasteiger partial charge in [0.2, 0.25) is 5.91 Å². The second-order valence-corrected chi connectivity index (χ2v) is 4.45. The van der Waals surface area contributed by atoms with Crippen LogP contribution in [-0.4, -0.2) is 87.3 Å². The van der Waals surface area contributed by atoms with E-state index in [1.54, 1.807) is 0 Å². The minimum atomic E-state index is -2.81. The lowest BCUT2D eigenvalue weighted by Gasteiger charge is -2.42. The number of aliphatic hydroxyl groups excluding tert-OH is 3. The number of aliphatic hydroxyl groups is 4. The summed E-state index contributed by atoms with van der Waals surface area (Å²) in [5.41, 5.74) is 0. The number of rotatable bonds is 6. The van der Waals surface area contributed by atoms with Gasteiger partial charge < -0.3 is 40.3 Å². The highest BCUT2D eigenvalue weighted by Gasteiger charge is 2.47. The van der Waals surface area contributed by atoms with Crippen molar-refractivity contribution in [3.05, 3.63) is 0 Å². The molecule has 0 spiro atoms. The molecule has 0 aromatic heterocycles. The minimum Gasteiger partial charge on any atom is -0.479 e. The standard InChI is InChI=1S/C11H19NO9/c1-4(10(17)18)20-9-7(12-6(15)3-14)11(19)21-5(2-13)8(9)16/h4-5,7-9,11,13-14,16,19H,2-3H2,1H3,(H,12,15)(H,17,18)/t4-,5-,7-,8-,9-,11?/m1/s1/i11D. The number of hydrogen-bond acceptors (Lipinski definition) is 8. The highest BCUT2D eigenvalue weighted by atomic mass is 16.6. The molecule has 6 N–H and O–H groups in total. The molecule has 1 unspecified atom stereocenters. The second-order valence-electron chi connectivity index (χ2n) is 4.45. The molecule has 0 aliphatic carbocycles. The first-order valence-corrected chi connectivity index (χ1v) is 6.11. The van der Waals surface area contributed by atoms with Crippen molar-refractivity contribution in [3.8, 4) is 0 Å². The Morgan fingerprint density at radius 2 is 2.05 bits per heavy atom. The Morgan fingerprint density at radius 3 is 2.52 bits per heavy atom. The fourth-order valence-corrected chi connectivity index (χ4v) is 1.81. The molecule has 122 valence electrons. The number of aliphatic carboxylic acids is 1. The molecule has 0 saturated carbocycles. The van der Waals surface area contributed by atoms with Gasteiger partial charge in [0.05, 0.1) is 7.98 Å². The zero-order valence-corrected chi connectivity index (χ0v) is 11.2. The molecule has 1 fully saturated rings. The molecular formula is C11H19NO9. The fraction of sp³-hybridized carbons (Fsp3) is 0.818. The summed E-state index contributed by atoms with van der Waals surface area (Å²) in [6, 6.07) is -1.69. The highest BCUT2D eigenvalue weighted by Crippen LogP contribution is 2.23. The maximum atomic E-state index is 11.3. The van der Waals surface area contributed by atoms with Crippen LogP contribution in [0.3, 0.4) is 0 Å². The molecule has 0 aromatic carbocycles. The normalized spacial score (nSPS) is 38.4. The molecule has 1 aliphatic heterocycles. The van der Waals surface area contributed by atoms with E-state index in [1.807, 2.05) is 5.32 Å². The molecule has 21 heavy (non-hydrogen) atoms. The van der Waals surface area contributed by atoms with Crippen molar-refractivity contribution in [1.29, 1.82) is 0 Å². The van der Waals surface area contributed by atoms with Crippen molar-refractivity contribution in [1.82, 2.24) is 5.32 Å². The zero-order valence-electron chi connectivity index (χ0n) is 12.2. The van der Waals surface area contributed by atoms with Crippen molar-refractivity contribution in [2.24, 2.45) is 0 Å². The van der Waals surface area contributed by atoms with Crippen LogP contribution in [0.25, 0.3) is 0 Å². The van der Waals surface area contributed by atoms with Gasteiger partial charge in [0.25, 0.3) is 0 Å². The Morgan fingerprint density at radius 1 is 1.43 bits per heavy atom. The van der Waals surface area contributed by atoms with Gasteiger partial charge in [-0.05, 0) is 6.92 Å². The monoisotopic (exact) mass is 310 g/mol. The Bertz CT molecular complexity index is 418. The summed E-state index contributed by atoms with van der Waals surface area (Å²) < 4.78 is 17.5. The van der Waals surface area contributed by atoms with Crippen LogP contribution in [0.4, 0.5) is 0 Å². The molecule has 6 atom stereocenters. The summed E-state index contributed by atoms with van der Waals surface area (Å²) in [6.07, 6.45) is -8.84. The number of ether oxygens (including phenoxy) is 2. The fourth-order valence-electron chi connectivity index (χ4n) is 1.81. The zero-order chi connectivity index (χ0) is 17.1. The molecule has 1 aliphatic rings. The lowest BCUT2D eigenvalue weighted by Crippen LogP contribution is -2.65. The average Bonchev–Trinajstić information content (AvgIpc) is 2.45. The minimum absolute atomic E-state index is 0.773. The largest absolute Gasteiger partial charge is 0.479 e. The van der Waals surface area contributed by atoms with Crippen LogP contribution in [-0.2, 0) is 19.1 Å². The average molecular weight is 310 g/mol. The topological polar surface area (TPSA) is 166 Å². The van der Waals surface area contributed by atoms with Crippen LogP contribution in [0.5, 0.6) is 0 Å². The van der Waals surface area contributed by atoms with Gasteiger partial charge in [0.1, 0.15) is 31.0 Å². The van der Waals surface area contributed by atoms with Crippen LogP contribution in [0.15, 0.2) is 0 Å². The SMILES string of the molecule is [2H]C1(O)O[C@H](CO)[C@@H](O)[C@H](O[C@H](C)C(=O)O)[C@H]1NC(=O)CO. The number of nitrogens with one attached hydrogen (secondary N) is 1. The Hall–Kier alpha value is -1.30. The summed E-state index contributed by atoms with van der Waals surface area (Å²) >= 11 is 0. The lowest BCUT2D eigenvalue weighted by molar-refractivity contribution is -0.267. The van der Waals surface area contributed by atoms with Crippen molar-refractivity contribution in [2.75, 3.05) is 13.2 Å². The van der Waals surface area contributed by atoms with Gasteiger partial charge in [-0.1, -0.05) is 0 Å². The second kappa shape index (κ2) is 7.64. The summed E-state index contributed by atoms with van der Waals surface area (Å²) in [7, 11) is 0. The van der Waals surface area contributed by atoms with Crippen molar-refractivity contribution in [3.63, 3.8) is 0 Å². The predicted molar refractivity (Wildman–Crippen MR) is 65.0 cm³/mol. The van der Waals surface area contributed by atoms with Crippen LogP contribution in [0.1, 0.15) is 8.29 Å². The van der Waals surface area contributed by atoms with E-state index in [9.17, 15) is 19.8 Å². The van der Waals surface area contributed by atoms with E-state index in [0.29, 0.717) is 0 Å². The summed E-state index contributed by atoms with van der Waals surface area (Å²) in [4.78, 5) is 22.1. The highest BCUT2D eigenvalue weighted by molar-refractivity contribution is 5.77. The van der Waals surface area contributed by atoms with Gasteiger partial charge in [-0.3, -0.25) is 4.79 Å². The summed E-state index contributed by atoms with van der Waals surface area (Å²) in [5.74, 6) is -2.37. The van der Waals surface area contributed by atoms with E-state index in [4.69, 9.17) is 26.2 Å². The van der Waals surface area contributed by atoms with E-state index in [1.165, 1.54) is 0 Å². The summed E-state index contributed by atoms with van der Waals surface area (Å²) in [5, 5.41) is 48.6. The van der Waals surface area contributed by atoms with E-state index in [2.05, 4.69) is 0 Å². The molecule has 10 heteroatoms. The molecule has 0 aromatic rings. The number of carbonyl (C=O) groups is 2. The summed E-state index contributed by atoms with van der Waals surface area (Å²) in [6.45, 7) is -0.593. The molecule has 1 saturated heterocycles. The van der Waals surface area contributed by atoms with E-state index < -0.39 is 61.8 Å². The third-order valence-corrected chi connectivity index (χ3v) is 2.93. The van der Waals surface area contributed by atoms with Gasteiger partial charge in [0, 0.05) is 0 Å². The van der Waals surface area contributed by atoms with Gasteiger partial charge >= 0.3 is 5.97 Å². The molecular weight excluding hydrogens is 290 g/mol. The van der Waals surface area contributed by atoms with E-state index >= 15 is 0 Å². The first kappa shape index (κ1) is 16.1. The number of carbonyl (C=O) groups excluding carboxylic acids is 1. The number of carboxylic acids is 1. The molecule has 0 radical (unpaired) electrons. The van der Waals surface area contributed by atoms with E-state index in [0.717, 1.165) is 6.92 Å². The third kappa shape index (κ3) is 4.33. The maximum absolute atomic E-state index is 11.3. The van der Waals surface area contributed by atoms with Gasteiger partial charge in [0.15, 0.2) is 12.4 Å². The van der Waals surface area contributed by atoms with Crippen molar-refractivity contribution >= 4 is 11.9 Å². The first-order chi connectivity index (χ1) is 10.1. The lowest BCUT2D eigenvalue weighted by atomic mass is 9.96. The predicted octanol–water partition coefficient (Wildman–Crippen LogP) is -3.61.